The largest absolute Gasteiger partial charge is 0.344 e. The van der Waals surface area contributed by atoms with Crippen molar-refractivity contribution in [3.63, 3.8) is 0 Å². The standard InChI is InChI=1S/C65H40N4S/c1-2-16-40(17-3-1)63-66-64(43-30-32-50-48-23-9-8-21-46(48)47-22-10-11-24-49(47)54(50)36-43)68-65(67-63)44-31-34-58(69-57-27-13-12-25-51(57)55-35-41-18-4-5-19-42(41)38-59(55)69)56(37-44)52-26-14-28-60-61(52)53-33-29-39-15-6-7-20-45(39)62(53)70-60/h1-38,63H,(H,66,67,68). The van der Waals surface area contributed by atoms with Crippen LogP contribution in [0.3, 0.4) is 0 Å². The number of rotatable bonds is 5. The van der Waals surface area contributed by atoms with Gasteiger partial charge in [0.2, 0.25) is 0 Å². The zero-order valence-electron chi connectivity index (χ0n) is 37.8. The highest BCUT2D eigenvalue weighted by molar-refractivity contribution is 7.26. The Labute approximate surface area is 406 Å². The first-order valence-corrected chi connectivity index (χ1v) is 24.7. The molecule has 1 aliphatic heterocycles. The average Bonchev–Trinajstić information content (AvgIpc) is 3.98. The van der Waals surface area contributed by atoms with E-state index >= 15 is 0 Å². The lowest BCUT2D eigenvalue weighted by molar-refractivity contribution is 0.674. The first-order valence-electron chi connectivity index (χ1n) is 23.9. The molecule has 1 atom stereocenters. The molecular formula is C65H40N4S. The molecule has 0 aliphatic carbocycles. The molecule has 15 rings (SSSR count). The van der Waals surface area contributed by atoms with Crippen molar-refractivity contribution < 1.29 is 0 Å². The van der Waals surface area contributed by atoms with Gasteiger partial charge in [0.05, 0.1) is 16.7 Å². The first kappa shape index (κ1) is 39.1. The minimum atomic E-state index is -0.362. The van der Waals surface area contributed by atoms with Gasteiger partial charge in [0, 0.05) is 47.6 Å². The maximum absolute atomic E-state index is 5.50. The van der Waals surface area contributed by atoms with Crippen LogP contribution in [-0.4, -0.2) is 16.2 Å². The molecule has 0 saturated heterocycles. The van der Waals surface area contributed by atoms with Gasteiger partial charge >= 0.3 is 0 Å². The number of para-hydroxylation sites is 1. The van der Waals surface area contributed by atoms with Gasteiger partial charge in [-0.1, -0.05) is 182 Å². The Morgan fingerprint density at radius 1 is 0.400 bits per heavy atom. The normalized spacial score (nSPS) is 14.1. The second-order valence-corrected chi connectivity index (χ2v) is 19.5. The molecule has 12 aromatic carbocycles. The summed E-state index contributed by atoms with van der Waals surface area (Å²) < 4.78 is 5.04. The van der Waals surface area contributed by atoms with Crippen molar-refractivity contribution in [1.29, 1.82) is 0 Å². The van der Waals surface area contributed by atoms with Crippen LogP contribution < -0.4 is 5.32 Å². The number of nitrogens with zero attached hydrogens (tertiary/aromatic N) is 3. The lowest BCUT2D eigenvalue weighted by Gasteiger charge is -2.24. The third-order valence-corrected chi connectivity index (χ3v) is 15.8. The highest BCUT2D eigenvalue weighted by Crippen LogP contribution is 2.46. The van der Waals surface area contributed by atoms with Crippen LogP contribution in [0.25, 0.3) is 113 Å². The Morgan fingerprint density at radius 3 is 1.81 bits per heavy atom. The summed E-state index contributed by atoms with van der Waals surface area (Å²) in [6, 6.07) is 84.1. The highest BCUT2D eigenvalue weighted by Gasteiger charge is 2.25. The molecule has 1 unspecified atom stereocenters. The molecule has 70 heavy (non-hydrogen) atoms. The van der Waals surface area contributed by atoms with Crippen molar-refractivity contribution >= 4 is 119 Å². The first-order chi connectivity index (χ1) is 34.7. The average molecular weight is 909 g/mol. The van der Waals surface area contributed by atoms with E-state index in [9.17, 15) is 0 Å². The van der Waals surface area contributed by atoms with Crippen molar-refractivity contribution in [2.75, 3.05) is 0 Å². The number of hydrogen-bond acceptors (Lipinski definition) is 4. The topological polar surface area (TPSA) is 41.7 Å². The number of hydrogen-bond donors (Lipinski definition) is 1. The Hall–Kier alpha value is -8.90. The SMILES string of the molecule is c1ccc(C2N=C(c3ccc(-n4c5ccccc5c5cc6ccccc6cc54)c(-c4cccc5sc6c7ccccc7ccc6c45)c3)N=C(c3ccc4c5ccccc5c5ccccc5c4c3)N2)cc1. The summed E-state index contributed by atoms with van der Waals surface area (Å²) in [6.45, 7) is 0. The van der Waals surface area contributed by atoms with Crippen LogP contribution in [0.2, 0.25) is 0 Å². The van der Waals surface area contributed by atoms with Crippen LogP contribution in [0.5, 0.6) is 0 Å². The summed E-state index contributed by atoms with van der Waals surface area (Å²) >= 11 is 1.88. The van der Waals surface area contributed by atoms with Gasteiger partial charge < -0.3 is 9.88 Å². The molecule has 4 nitrogen and oxygen atoms in total. The van der Waals surface area contributed by atoms with Gasteiger partial charge in [0.15, 0.2) is 5.84 Å². The van der Waals surface area contributed by atoms with Gasteiger partial charge in [-0.25, -0.2) is 9.98 Å². The minimum Gasteiger partial charge on any atom is -0.344 e. The molecule has 0 amide bonds. The summed E-state index contributed by atoms with van der Waals surface area (Å²) in [5.74, 6) is 1.47. The van der Waals surface area contributed by atoms with Crippen molar-refractivity contribution in [2.24, 2.45) is 9.98 Å². The highest BCUT2D eigenvalue weighted by atomic mass is 32.1. The van der Waals surface area contributed by atoms with Crippen LogP contribution >= 0.6 is 11.3 Å². The van der Waals surface area contributed by atoms with Crippen molar-refractivity contribution in [3.05, 3.63) is 247 Å². The van der Waals surface area contributed by atoms with E-state index in [1.54, 1.807) is 0 Å². The van der Waals surface area contributed by atoms with Crippen molar-refractivity contribution in [2.45, 2.75) is 6.17 Å². The monoisotopic (exact) mass is 908 g/mol. The molecular weight excluding hydrogens is 869 g/mol. The molecule has 0 saturated carbocycles. The van der Waals surface area contributed by atoms with Gasteiger partial charge in [-0.15, -0.1) is 11.3 Å². The Kier molecular flexibility index (Phi) is 8.56. The molecule has 2 aromatic heterocycles. The number of amidine groups is 2. The van der Waals surface area contributed by atoms with Crippen molar-refractivity contribution in [1.82, 2.24) is 9.88 Å². The summed E-state index contributed by atoms with van der Waals surface area (Å²) in [5, 5.41) is 21.1. The molecule has 5 heteroatoms. The zero-order valence-corrected chi connectivity index (χ0v) is 38.6. The minimum absolute atomic E-state index is 0.362. The molecule has 326 valence electrons. The third-order valence-electron chi connectivity index (χ3n) is 14.6. The second kappa shape index (κ2) is 15.3. The van der Waals surface area contributed by atoms with Crippen molar-refractivity contribution in [3.8, 4) is 16.8 Å². The van der Waals surface area contributed by atoms with Crippen LogP contribution in [-0.2, 0) is 0 Å². The Bertz CT molecular complexity index is 4540. The molecule has 0 fully saturated rings. The van der Waals surface area contributed by atoms with E-state index in [1.807, 2.05) is 11.3 Å². The van der Waals surface area contributed by atoms with Gasteiger partial charge in [-0.05, 0) is 114 Å². The van der Waals surface area contributed by atoms with Gasteiger partial charge in [0.1, 0.15) is 12.0 Å². The quantitative estimate of drug-likeness (QED) is 0.172. The maximum atomic E-state index is 5.50. The number of thiophene rings is 1. The number of fused-ring (bicyclic) bond motifs is 15. The molecule has 0 spiro atoms. The van der Waals surface area contributed by atoms with Gasteiger partial charge in [0.25, 0.3) is 0 Å². The fraction of sp³-hybridized carbons (Fsp3) is 0.0154. The molecule has 3 heterocycles. The van der Waals surface area contributed by atoms with E-state index in [0.717, 1.165) is 39.3 Å². The van der Waals surface area contributed by atoms with E-state index < -0.39 is 0 Å². The lowest BCUT2D eigenvalue weighted by Crippen LogP contribution is -2.33. The molecule has 1 N–H and O–H groups in total. The van der Waals surface area contributed by atoms with Gasteiger partial charge in [-0.3, -0.25) is 0 Å². The van der Waals surface area contributed by atoms with E-state index in [0.29, 0.717) is 5.84 Å². The molecule has 0 radical (unpaired) electrons. The summed E-state index contributed by atoms with van der Waals surface area (Å²) in [6.07, 6.45) is -0.362. The fourth-order valence-electron chi connectivity index (χ4n) is 11.4. The number of benzene rings is 12. The van der Waals surface area contributed by atoms with Crippen LogP contribution in [0.1, 0.15) is 22.9 Å². The summed E-state index contributed by atoms with van der Waals surface area (Å²) in [5.41, 5.74) is 8.75. The van der Waals surface area contributed by atoms with Crippen LogP contribution in [0.4, 0.5) is 0 Å². The predicted octanol–water partition coefficient (Wildman–Crippen LogP) is 17.1. The number of nitrogens with one attached hydrogen (secondary N) is 1. The molecule has 14 aromatic rings. The summed E-state index contributed by atoms with van der Waals surface area (Å²) in [7, 11) is 0. The van der Waals surface area contributed by atoms with E-state index in [-0.39, 0.29) is 6.17 Å². The number of aliphatic imine (C=N–C) groups is 2. The van der Waals surface area contributed by atoms with Crippen LogP contribution in [0, 0.1) is 0 Å². The number of aromatic nitrogens is 1. The predicted molar refractivity (Wildman–Crippen MR) is 298 cm³/mol. The second-order valence-electron chi connectivity index (χ2n) is 18.5. The van der Waals surface area contributed by atoms with Crippen LogP contribution in [0.15, 0.2) is 241 Å². The van der Waals surface area contributed by atoms with Gasteiger partial charge in [-0.2, -0.15) is 0 Å². The lowest BCUT2D eigenvalue weighted by atomic mass is 9.93. The Morgan fingerprint density at radius 2 is 1.03 bits per heavy atom. The molecule has 1 aliphatic rings. The Balaban J connectivity index is 0.994. The molecule has 0 bridgehead atoms. The third kappa shape index (κ3) is 5.95. The fourth-order valence-corrected chi connectivity index (χ4v) is 12.6. The van der Waals surface area contributed by atoms with E-state index in [1.165, 1.54) is 95.9 Å². The summed E-state index contributed by atoms with van der Waals surface area (Å²) in [4.78, 5) is 11.0. The van der Waals surface area contributed by atoms with E-state index in [4.69, 9.17) is 9.98 Å². The van der Waals surface area contributed by atoms with E-state index in [2.05, 4.69) is 240 Å². The smallest absolute Gasteiger partial charge is 0.159 e. The maximum Gasteiger partial charge on any atom is 0.159 e. The zero-order chi connectivity index (χ0) is 45.9.